The highest BCUT2D eigenvalue weighted by Crippen LogP contribution is 2.44. The van der Waals surface area contributed by atoms with Crippen molar-refractivity contribution in [3.8, 4) is 5.75 Å². The molecule has 1 unspecified atom stereocenters. The van der Waals surface area contributed by atoms with Gasteiger partial charge in [0.05, 0.1) is 18.6 Å². The number of carbonyl (C=O) groups is 3. The van der Waals surface area contributed by atoms with Crippen LogP contribution in [-0.2, 0) is 22.4 Å². The minimum Gasteiger partial charge on any atom is -0.494 e. The number of rotatable bonds is 8. The predicted molar refractivity (Wildman–Crippen MR) is 130 cm³/mol. The van der Waals surface area contributed by atoms with Crippen molar-refractivity contribution in [2.45, 2.75) is 59.8 Å². The van der Waals surface area contributed by atoms with Crippen LogP contribution < -0.4 is 15.4 Å². The Bertz CT molecular complexity index is 1020. The number of fused-ring (bicyclic) bond motifs is 1. The molecule has 178 valence electrons. The maximum Gasteiger partial charge on any atom is 0.303 e. The second-order valence-corrected chi connectivity index (χ2v) is 10.5. The van der Waals surface area contributed by atoms with Gasteiger partial charge in [-0.3, -0.25) is 14.4 Å². The first kappa shape index (κ1) is 24.8. The van der Waals surface area contributed by atoms with Gasteiger partial charge in [0.25, 0.3) is 5.91 Å². The molecule has 2 aromatic rings. The minimum absolute atomic E-state index is 0.136. The van der Waals surface area contributed by atoms with E-state index in [0.29, 0.717) is 28.8 Å². The third-order valence-corrected chi connectivity index (χ3v) is 7.13. The van der Waals surface area contributed by atoms with E-state index in [9.17, 15) is 14.4 Å². The van der Waals surface area contributed by atoms with Gasteiger partial charge in [-0.15, -0.1) is 11.3 Å². The number of nitrogens with one attached hydrogen (secondary N) is 2. The number of amides is 2. The minimum atomic E-state index is -1.03. The largest absolute Gasteiger partial charge is 0.494 e. The topological polar surface area (TPSA) is 105 Å². The molecule has 1 aliphatic rings. The predicted octanol–water partition coefficient (Wildman–Crippen LogP) is 5.35. The normalized spacial score (nSPS) is 15.5. The summed E-state index contributed by atoms with van der Waals surface area (Å²) in [5, 5.41) is 15.1. The molecule has 0 saturated heterocycles. The lowest BCUT2D eigenvalue weighted by molar-refractivity contribution is -0.138. The molecule has 0 spiro atoms. The highest BCUT2D eigenvalue weighted by Gasteiger charge is 2.34. The number of carboxylic acid groups (broad SMARTS) is 1. The van der Waals surface area contributed by atoms with Crippen molar-refractivity contribution < 1.29 is 24.2 Å². The molecule has 0 fully saturated rings. The Morgan fingerprint density at radius 3 is 2.42 bits per heavy atom. The van der Waals surface area contributed by atoms with Gasteiger partial charge in [0.15, 0.2) is 0 Å². The van der Waals surface area contributed by atoms with Crippen molar-refractivity contribution in [1.29, 1.82) is 0 Å². The summed E-state index contributed by atoms with van der Waals surface area (Å²) in [4.78, 5) is 37.7. The van der Waals surface area contributed by atoms with Crippen molar-refractivity contribution in [3.05, 3.63) is 40.3 Å². The van der Waals surface area contributed by atoms with Crippen molar-refractivity contribution in [2.24, 2.45) is 11.3 Å². The maximum atomic E-state index is 13.3. The second-order valence-electron chi connectivity index (χ2n) is 9.37. The lowest BCUT2D eigenvalue weighted by Gasteiger charge is -2.33. The van der Waals surface area contributed by atoms with Crippen LogP contribution in [0.4, 0.5) is 10.7 Å². The maximum absolute atomic E-state index is 13.3. The Morgan fingerprint density at radius 1 is 1.12 bits per heavy atom. The molecular formula is C25H32N2O5S. The Labute approximate surface area is 198 Å². The van der Waals surface area contributed by atoms with E-state index in [-0.39, 0.29) is 24.2 Å². The van der Waals surface area contributed by atoms with Gasteiger partial charge in [-0.25, -0.2) is 0 Å². The molecular weight excluding hydrogens is 440 g/mol. The van der Waals surface area contributed by atoms with Gasteiger partial charge in [-0.2, -0.15) is 0 Å². The van der Waals surface area contributed by atoms with Gasteiger partial charge >= 0.3 is 5.97 Å². The zero-order chi connectivity index (χ0) is 24.2. The van der Waals surface area contributed by atoms with Crippen LogP contribution in [0.2, 0.25) is 0 Å². The fourth-order valence-corrected chi connectivity index (χ4v) is 5.40. The third kappa shape index (κ3) is 6.35. The van der Waals surface area contributed by atoms with Crippen molar-refractivity contribution in [3.63, 3.8) is 0 Å². The van der Waals surface area contributed by atoms with Crippen LogP contribution in [0.15, 0.2) is 24.3 Å². The first-order valence-corrected chi connectivity index (χ1v) is 12.1. The fraction of sp³-hybridized carbons (Fsp3) is 0.480. The highest BCUT2D eigenvalue weighted by atomic mass is 32.1. The van der Waals surface area contributed by atoms with E-state index in [1.807, 2.05) is 6.92 Å². The summed E-state index contributed by atoms with van der Waals surface area (Å²) in [5.74, 6) is -0.501. The van der Waals surface area contributed by atoms with E-state index < -0.39 is 11.9 Å². The molecule has 1 heterocycles. The van der Waals surface area contributed by atoms with Crippen molar-refractivity contribution >= 4 is 39.8 Å². The van der Waals surface area contributed by atoms with E-state index in [2.05, 4.69) is 31.4 Å². The Morgan fingerprint density at radius 2 is 1.82 bits per heavy atom. The summed E-state index contributed by atoms with van der Waals surface area (Å²) >= 11 is 1.43. The SMILES string of the molecule is CCOc1ccc(NC(=O)c2c(NC(=O)CCC(=O)O)sc3c2CCC(C(C)(C)C)C3)cc1. The standard InChI is InChI=1S/C25H32N2O5S/c1-5-32-17-9-7-16(8-10-17)26-23(31)22-18-11-6-15(25(2,3)4)14-19(18)33-24(22)27-20(28)12-13-21(29)30/h7-10,15H,5-6,11-14H2,1-4H3,(H,26,31)(H,27,28)(H,29,30). The van der Waals surface area contributed by atoms with Gasteiger partial charge in [-0.1, -0.05) is 20.8 Å². The van der Waals surface area contributed by atoms with Crippen LogP contribution in [0.3, 0.4) is 0 Å². The number of anilines is 2. The summed E-state index contributed by atoms with van der Waals surface area (Å²) in [6, 6.07) is 7.15. The fourth-order valence-electron chi connectivity index (χ4n) is 4.06. The van der Waals surface area contributed by atoms with E-state index in [1.54, 1.807) is 24.3 Å². The molecule has 8 heteroatoms. The first-order chi connectivity index (χ1) is 15.6. The molecule has 33 heavy (non-hydrogen) atoms. The zero-order valence-corrected chi connectivity index (χ0v) is 20.4. The third-order valence-electron chi connectivity index (χ3n) is 5.96. The molecule has 3 N–H and O–H groups in total. The highest BCUT2D eigenvalue weighted by molar-refractivity contribution is 7.17. The van der Waals surface area contributed by atoms with E-state index in [1.165, 1.54) is 11.3 Å². The van der Waals surface area contributed by atoms with E-state index >= 15 is 0 Å². The molecule has 7 nitrogen and oxygen atoms in total. The number of thiophene rings is 1. The first-order valence-electron chi connectivity index (χ1n) is 11.3. The van der Waals surface area contributed by atoms with Crippen molar-refractivity contribution in [1.82, 2.24) is 0 Å². The van der Waals surface area contributed by atoms with Gasteiger partial charge in [0.2, 0.25) is 5.91 Å². The second kappa shape index (κ2) is 10.4. The number of carbonyl (C=O) groups excluding carboxylic acids is 2. The molecule has 0 bridgehead atoms. The van der Waals surface area contributed by atoms with Crippen LogP contribution in [-0.4, -0.2) is 29.5 Å². The molecule has 2 amide bonds. The number of hydrogen-bond acceptors (Lipinski definition) is 5. The summed E-state index contributed by atoms with van der Waals surface area (Å²) in [5.41, 5.74) is 2.25. The van der Waals surface area contributed by atoms with Crippen LogP contribution in [0, 0.1) is 11.3 Å². The Hall–Kier alpha value is -2.87. The molecule has 1 aromatic carbocycles. The van der Waals surface area contributed by atoms with Gasteiger partial charge in [0, 0.05) is 17.0 Å². The van der Waals surface area contributed by atoms with Crippen LogP contribution in [0.5, 0.6) is 5.75 Å². The summed E-state index contributed by atoms with van der Waals surface area (Å²) in [7, 11) is 0. The summed E-state index contributed by atoms with van der Waals surface area (Å²) in [6.07, 6.45) is 2.21. The number of carboxylic acids is 1. The monoisotopic (exact) mass is 472 g/mol. The van der Waals surface area contributed by atoms with Gasteiger partial charge in [-0.05, 0) is 67.3 Å². The zero-order valence-electron chi connectivity index (χ0n) is 19.6. The Balaban J connectivity index is 1.87. The number of hydrogen-bond donors (Lipinski definition) is 3. The van der Waals surface area contributed by atoms with Gasteiger partial charge in [0.1, 0.15) is 10.8 Å². The number of aliphatic carboxylic acids is 1. The lowest BCUT2D eigenvalue weighted by Crippen LogP contribution is -2.27. The average molecular weight is 473 g/mol. The van der Waals surface area contributed by atoms with Crippen molar-refractivity contribution in [2.75, 3.05) is 17.2 Å². The number of benzene rings is 1. The molecule has 0 radical (unpaired) electrons. The molecule has 0 aliphatic heterocycles. The molecule has 0 saturated carbocycles. The smallest absolute Gasteiger partial charge is 0.303 e. The van der Waals surface area contributed by atoms with Gasteiger partial charge < -0.3 is 20.5 Å². The Kier molecular flexibility index (Phi) is 7.79. The van der Waals surface area contributed by atoms with Crippen LogP contribution in [0.25, 0.3) is 0 Å². The number of ether oxygens (including phenoxy) is 1. The van der Waals surface area contributed by atoms with E-state index in [0.717, 1.165) is 35.5 Å². The molecule has 1 aromatic heterocycles. The summed E-state index contributed by atoms with van der Waals surface area (Å²) < 4.78 is 5.45. The average Bonchev–Trinajstić information content (AvgIpc) is 3.10. The summed E-state index contributed by atoms with van der Waals surface area (Å²) in [6.45, 7) is 9.15. The van der Waals surface area contributed by atoms with E-state index in [4.69, 9.17) is 9.84 Å². The van der Waals surface area contributed by atoms with Crippen LogP contribution in [0.1, 0.15) is 67.8 Å². The quantitative estimate of drug-likeness (QED) is 0.480. The lowest BCUT2D eigenvalue weighted by atomic mass is 9.72. The molecule has 1 aliphatic carbocycles. The molecule has 3 rings (SSSR count). The molecule has 1 atom stereocenters. The van der Waals surface area contributed by atoms with Crippen LogP contribution >= 0.6 is 11.3 Å².